The van der Waals surface area contributed by atoms with E-state index < -0.39 is 5.97 Å². The maximum absolute atomic E-state index is 10.1. The van der Waals surface area contributed by atoms with Gasteiger partial charge in [0.2, 0.25) is 0 Å². The molecular formula is C10H16O2. The maximum Gasteiger partial charge on any atom is 0.303 e. The molecule has 1 saturated carbocycles. The van der Waals surface area contributed by atoms with Crippen molar-refractivity contribution in [1.29, 1.82) is 0 Å². The van der Waals surface area contributed by atoms with Gasteiger partial charge in [0.05, 0.1) is 0 Å². The molecule has 0 bridgehead atoms. The lowest BCUT2D eigenvalue weighted by molar-refractivity contribution is -0.137. The Morgan fingerprint density at radius 3 is 2.75 bits per heavy atom. The number of unbranched alkanes of at least 4 members (excludes halogenated alkanes) is 1. The molecule has 68 valence electrons. The van der Waals surface area contributed by atoms with Crippen molar-refractivity contribution in [1.82, 2.24) is 0 Å². The van der Waals surface area contributed by atoms with Gasteiger partial charge in [-0.2, -0.15) is 0 Å². The normalized spacial score (nSPS) is 17.0. The molecule has 0 aromatic carbocycles. The monoisotopic (exact) mass is 168 g/mol. The Bertz CT molecular complexity index is 169. The molecule has 2 nitrogen and oxygen atoms in total. The lowest BCUT2D eigenvalue weighted by Crippen LogP contribution is -1.92. The van der Waals surface area contributed by atoms with E-state index in [2.05, 4.69) is 12.2 Å². The molecule has 0 unspecified atom stereocenters. The Morgan fingerprint density at radius 2 is 2.17 bits per heavy atom. The number of hydrogen-bond acceptors (Lipinski definition) is 1. The zero-order chi connectivity index (χ0) is 8.81. The minimum atomic E-state index is -0.689. The van der Waals surface area contributed by atoms with Crippen LogP contribution in [0, 0.1) is 5.92 Å². The fourth-order valence-electron chi connectivity index (χ4n) is 1.13. The number of carboxylic acids is 1. The van der Waals surface area contributed by atoms with Gasteiger partial charge < -0.3 is 5.11 Å². The highest BCUT2D eigenvalue weighted by atomic mass is 16.4. The maximum atomic E-state index is 10.1. The number of allylic oxidation sites excluding steroid dienone is 2. The highest BCUT2D eigenvalue weighted by Crippen LogP contribution is 2.32. The third kappa shape index (κ3) is 4.94. The fourth-order valence-corrected chi connectivity index (χ4v) is 1.13. The Balaban J connectivity index is 1.86. The molecule has 0 amide bonds. The van der Waals surface area contributed by atoms with Gasteiger partial charge in [-0.1, -0.05) is 12.2 Å². The smallest absolute Gasteiger partial charge is 0.303 e. The van der Waals surface area contributed by atoms with E-state index in [9.17, 15) is 4.79 Å². The van der Waals surface area contributed by atoms with E-state index >= 15 is 0 Å². The average Bonchev–Trinajstić information content (AvgIpc) is 2.79. The quantitative estimate of drug-likeness (QED) is 0.489. The number of aliphatic carboxylic acids is 1. The van der Waals surface area contributed by atoms with Gasteiger partial charge in [-0.3, -0.25) is 4.79 Å². The summed E-state index contributed by atoms with van der Waals surface area (Å²) in [6, 6.07) is 0. The van der Waals surface area contributed by atoms with E-state index in [1.807, 2.05) is 0 Å². The molecule has 0 saturated heterocycles. The van der Waals surface area contributed by atoms with Crippen molar-refractivity contribution in [2.24, 2.45) is 5.92 Å². The van der Waals surface area contributed by atoms with Crippen LogP contribution in [0.1, 0.15) is 38.5 Å². The molecule has 0 aliphatic heterocycles. The minimum absolute atomic E-state index is 0.299. The largest absolute Gasteiger partial charge is 0.481 e. The van der Waals surface area contributed by atoms with Gasteiger partial charge in [0.1, 0.15) is 0 Å². The second-order valence-corrected chi connectivity index (χ2v) is 3.44. The molecule has 1 aliphatic rings. The molecule has 2 heteroatoms. The number of rotatable bonds is 6. The highest BCUT2D eigenvalue weighted by molar-refractivity contribution is 5.66. The summed E-state index contributed by atoms with van der Waals surface area (Å²) in [5.41, 5.74) is 0. The SMILES string of the molecule is O=C(O)CCC/C=C\CC1CC1. The van der Waals surface area contributed by atoms with E-state index in [-0.39, 0.29) is 0 Å². The van der Waals surface area contributed by atoms with Crippen molar-refractivity contribution in [3.8, 4) is 0 Å². The molecule has 12 heavy (non-hydrogen) atoms. The Morgan fingerprint density at radius 1 is 1.42 bits per heavy atom. The van der Waals surface area contributed by atoms with Crippen molar-refractivity contribution < 1.29 is 9.90 Å². The molecule has 0 heterocycles. The van der Waals surface area contributed by atoms with Crippen LogP contribution in [0.2, 0.25) is 0 Å². The lowest BCUT2D eigenvalue weighted by atomic mass is 10.2. The van der Waals surface area contributed by atoms with Crippen molar-refractivity contribution in [3.63, 3.8) is 0 Å². The summed E-state index contributed by atoms with van der Waals surface area (Å²) in [5, 5.41) is 8.34. The number of hydrogen-bond donors (Lipinski definition) is 1. The van der Waals surface area contributed by atoms with Crippen molar-refractivity contribution in [2.75, 3.05) is 0 Å². The van der Waals surface area contributed by atoms with E-state index in [0.29, 0.717) is 6.42 Å². The zero-order valence-corrected chi connectivity index (χ0v) is 7.33. The van der Waals surface area contributed by atoms with Crippen LogP contribution >= 0.6 is 0 Å². The second-order valence-electron chi connectivity index (χ2n) is 3.44. The summed E-state index contributed by atoms with van der Waals surface area (Å²) >= 11 is 0. The van der Waals surface area contributed by atoms with Gasteiger partial charge in [-0.05, 0) is 38.0 Å². The van der Waals surface area contributed by atoms with Crippen molar-refractivity contribution in [2.45, 2.75) is 38.5 Å². The van der Waals surface area contributed by atoms with E-state index in [1.54, 1.807) is 0 Å². The van der Waals surface area contributed by atoms with Crippen LogP contribution in [0.25, 0.3) is 0 Å². The molecule has 0 aromatic rings. The Hall–Kier alpha value is -0.790. The van der Waals surface area contributed by atoms with Crippen LogP contribution in [-0.2, 0) is 4.79 Å². The lowest BCUT2D eigenvalue weighted by Gasteiger charge is -1.90. The molecule has 0 aromatic heterocycles. The summed E-state index contributed by atoms with van der Waals surface area (Å²) in [6.45, 7) is 0. The van der Waals surface area contributed by atoms with Crippen molar-refractivity contribution in [3.05, 3.63) is 12.2 Å². The highest BCUT2D eigenvalue weighted by Gasteiger charge is 2.18. The van der Waals surface area contributed by atoms with Gasteiger partial charge in [-0.25, -0.2) is 0 Å². The van der Waals surface area contributed by atoms with Gasteiger partial charge in [-0.15, -0.1) is 0 Å². The summed E-state index contributed by atoms with van der Waals surface area (Å²) in [6.07, 6.45) is 10.3. The summed E-state index contributed by atoms with van der Waals surface area (Å²) in [7, 11) is 0. The predicted octanol–water partition coefficient (Wildman–Crippen LogP) is 2.60. The van der Waals surface area contributed by atoms with Crippen LogP contribution in [0.4, 0.5) is 0 Å². The van der Waals surface area contributed by atoms with Crippen molar-refractivity contribution >= 4 is 5.97 Å². The fraction of sp³-hybridized carbons (Fsp3) is 0.700. The van der Waals surface area contributed by atoms with Gasteiger partial charge in [0.15, 0.2) is 0 Å². The molecular weight excluding hydrogens is 152 g/mol. The number of carbonyl (C=O) groups is 1. The second kappa shape index (κ2) is 4.96. The third-order valence-electron chi connectivity index (χ3n) is 2.09. The first-order chi connectivity index (χ1) is 5.79. The average molecular weight is 168 g/mol. The molecule has 1 fully saturated rings. The van der Waals surface area contributed by atoms with Gasteiger partial charge in [0, 0.05) is 6.42 Å². The summed E-state index contributed by atoms with van der Waals surface area (Å²) < 4.78 is 0. The molecule has 1 N–H and O–H groups in total. The third-order valence-corrected chi connectivity index (χ3v) is 2.09. The van der Waals surface area contributed by atoms with Crippen LogP contribution in [0.15, 0.2) is 12.2 Å². The molecule has 1 rings (SSSR count). The van der Waals surface area contributed by atoms with E-state index in [4.69, 9.17) is 5.11 Å². The first-order valence-corrected chi connectivity index (χ1v) is 4.66. The summed E-state index contributed by atoms with van der Waals surface area (Å²) in [4.78, 5) is 10.1. The predicted molar refractivity (Wildman–Crippen MR) is 48.0 cm³/mol. The molecule has 0 radical (unpaired) electrons. The summed E-state index contributed by atoms with van der Waals surface area (Å²) in [5.74, 6) is 0.256. The topological polar surface area (TPSA) is 37.3 Å². The Kier molecular flexibility index (Phi) is 3.85. The van der Waals surface area contributed by atoms with Crippen LogP contribution in [-0.4, -0.2) is 11.1 Å². The van der Waals surface area contributed by atoms with Gasteiger partial charge in [0.25, 0.3) is 0 Å². The van der Waals surface area contributed by atoms with E-state index in [1.165, 1.54) is 19.3 Å². The standard InChI is InChI=1S/C10H16O2/c11-10(12)6-4-2-1-3-5-9-7-8-9/h1,3,9H,2,4-8H2,(H,11,12)/b3-1-. The van der Waals surface area contributed by atoms with Gasteiger partial charge >= 0.3 is 5.97 Å². The number of carboxylic acid groups (broad SMARTS) is 1. The Labute approximate surface area is 73.3 Å². The zero-order valence-electron chi connectivity index (χ0n) is 7.33. The van der Waals surface area contributed by atoms with E-state index in [0.717, 1.165) is 18.8 Å². The van der Waals surface area contributed by atoms with Crippen LogP contribution < -0.4 is 0 Å². The van der Waals surface area contributed by atoms with Crippen LogP contribution in [0.5, 0.6) is 0 Å². The molecule has 1 aliphatic carbocycles. The molecule has 0 atom stereocenters. The van der Waals surface area contributed by atoms with Crippen LogP contribution in [0.3, 0.4) is 0 Å². The first kappa shape index (κ1) is 9.30. The molecule has 0 spiro atoms. The minimum Gasteiger partial charge on any atom is -0.481 e. The first-order valence-electron chi connectivity index (χ1n) is 4.66.